The Hall–Kier alpha value is -0.870. The molecular formula is C17H29N3O. The molecule has 1 aromatic rings. The van der Waals surface area contributed by atoms with Crippen molar-refractivity contribution in [1.29, 1.82) is 0 Å². The zero-order chi connectivity index (χ0) is 14.7. The number of likely N-dealkylation sites (N-methyl/N-ethyl adjacent to an activating group) is 1. The van der Waals surface area contributed by atoms with Crippen LogP contribution in [0.15, 0.2) is 12.3 Å². The van der Waals surface area contributed by atoms with Crippen LogP contribution in [0.1, 0.15) is 63.1 Å². The summed E-state index contributed by atoms with van der Waals surface area (Å²) in [6.07, 6.45) is 13.3. The van der Waals surface area contributed by atoms with Crippen molar-refractivity contribution in [3.05, 3.63) is 18.0 Å². The fourth-order valence-electron chi connectivity index (χ4n) is 4.29. The minimum absolute atomic E-state index is 0.00584. The molecule has 4 nitrogen and oxygen atoms in total. The third-order valence-electron chi connectivity index (χ3n) is 5.62. The Bertz CT molecular complexity index is 445. The first-order valence-corrected chi connectivity index (χ1v) is 8.54. The first-order chi connectivity index (χ1) is 10.3. The van der Waals surface area contributed by atoms with Crippen LogP contribution in [0.25, 0.3) is 0 Å². The van der Waals surface area contributed by atoms with E-state index in [4.69, 9.17) is 9.84 Å². The molecule has 3 rings (SSSR count). The third kappa shape index (κ3) is 3.02. The number of aromatic nitrogens is 2. The Morgan fingerprint density at radius 2 is 2.05 bits per heavy atom. The SMILES string of the molecule is CNC(Cc1ccn(C2CCCC2)n1)C1(OC)CCCC1. The van der Waals surface area contributed by atoms with E-state index >= 15 is 0 Å². The van der Waals surface area contributed by atoms with E-state index in [1.54, 1.807) is 0 Å². The maximum atomic E-state index is 5.93. The van der Waals surface area contributed by atoms with E-state index in [1.807, 2.05) is 7.11 Å². The Kier molecular flexibility index (Phi) is 4.65. The highest BCUT2D eigenvalue weighted by molar-refractivity contribution is 5.07. The number of hydrogen-bond donors (Lipinski definition) is 1. The zero-order valence-electron chi connectivity index (χ0n) is 13.5. The predicted octanol–water partition coefficient (Wildman–Crippen LogP) is 3.09. The van der Waals surface area contributed by atoms with E-state index < -0.39 is 0 Å². The van der Waals surface area contributed by atoms with Crippen LogP contribution in [-0.2, 0) is 11.2 Å². The second-order valence-electron chi connectivity index (χ2n) is 6.75. The molecular weight excluding hydrogens is 262 g/mol. The second-order valence-corrected chi connectivity index (χ2v) is 6.75. The predicted molar refractivity (Wildman–Crippen MR) is 84.5 cm³/mol. The Morgan fingerprint density at radius 3 is 2.67 bits per heavy atom. The van der Waals surface area contributed by atoms with Gasteiger partial charge in [-0.15, -0.1) is 0 Å². The summed E-state index contributed by atoms with van der Waals surface area (Å²) in [4.78, 5) is 0. The number of hydrogen-bond acceptors (Lipinski definition) is 3. The van der Waals surface area contributed by atoms with Gasteiger partial charge in [-0.2, -0.15) is 5.10 Å². The van der Waals surface area contributed by atoms with Crippen molar-refractivity contribution >= 4 is 0 Å². The van der Waals surface area contributed by atoms with E-state index in [0.29, 0.717) is 12.1 Å². The van der Waals surface area contributed by atoms with Crippen molar-refractivity contribution in [2.45, 2.75) is 75.5 Å². The maximum absolute atomic E-state index is 5.93. The molecule has 4 heteroatoms. The average molecular weight is 291 g/mol. The maximum Gasteiger partial charge on any atom is 0.0834 e. The minimum atomic E-state index is 0.00584. The molecule has 1 unspecified atom stereocenters. The highest BCUT2D eigenvalue weighted by atomic mass is 16.5. The highest BCUT2D eigenvalue weighted by Gasteiger charge is 2.41. The molecule has 0 amide bonds. The van der Waals surface area contributed by atoms with Gasteiger partial charge in [-0.1, -0.05) is 25.7 Å². The Balaban J connectivity index is 1.69. The summed E-state index contributed by atoms with van der Waals surface area (Å²) in [5.41, 5.74) is 1.20. The molecule has 0 saturated heterocycles. The number of nitrogens with one attached hydrogen (secondary N) is 1. The smallest absolute Gasteiger partial charge is 0.0834 e. The Labute approximate surface area is 128 Å². The number of nitrogens with zero attached hydrogens (tertiary/aromatic N) is 2. The van der Waals surface area contributed by atoms with Crippen LogP contribution in [-0.4, -0.2) is 35.6 Å². The molecule has 21 heavy (non-hydrogen) atoms. The van der Waals surface area contributed by atoms with Crippen LogP contribution in [0, 0.1) is 0 Å². The first kappa shape index (κ1) is 15.0. The van der Waals surface area contributed by atoms with Gasteiger partial charge in [0.1, 0.15) is 0 Å². The Morgan fingerprint density at radius 1 is 1.33 bits per heavy atom. The van der Waals surface area contributed by atoms with Gasteiger partial charge in [0, 0.05) is 25.8 Å². The summed E-state index contributed by atoms with van der Waals surface area (Å²) in [7, 11) is 3.92. The van der Waals surface area contributed by atoms with Crippen LogP contribution in [0.3, 0.4) is 0 Å². The average Bonchev–Trinajstić information content (AvgIpc) is 3.23. The largest absolute Gasteiger partial charge is 0.377 e. The molecule has 1 atom stereocenters. The van der Waals surface area contributed by atoms with E-state index in [-0.39, 0.29) is 5.60 Å². The zero-order valence-corrected chi connectivity index (χ0v) is 13.5. The lowest BCUT2D eigenvalue weighted by Gasteiger charge is -2.36. The second kappa shape index (κ2) is 6.49. The lowest BCUT2D eigenvalue weighted by atomic mass is 9.89. The minimum Gasteiger partial charge on any atom is -0.377 e. The van der Waals surface area contributed by atoms with Gasteiger partial charge in [-0.3, -0.25) is 4.68 Å². The molecule has 1 heterocycles. The number of rotatable bonds is 6. The first-order valence-electron chi connectivity index (χ1n) is 8.54. The van der Waals surface area contributed by atoms with Gasteiger partial charge in [-0.25, -0.2) is 0 Å². The molecule has 0 aliphatic heterocycles. The van der Waals surface area contributed by atoms with Crippen molar-refractivity contribution < 1.29 is 4.74 Å². The van der Waals surface area contributed by atoms with Crippen molar-refractivity contribution in [2.24, 2.45) is 0 Å². The van der Waals surface area contributed by atoms with Gasteiger partial charge >= 0.3 is 0 Å². The fourth-order valence-corrected chi connectivity index (χ4v) is 4.29. The molecule has 118 valence electrons. The summed E-state index contributed by atoms with van der Waals surface area (Å²) in [6.45, 7) is 0. The quantitative estimate of drug-likeness (QED) is 0.875. The lowest BCUT2D eigenvalue weighted by Crippen LogP contribution is -2.50. The van der Waals surface area contributed by atoms with Crippen molar-refractivity contribution in [3.63, 3.8) is 0 Å². The van der Waals surface area contributed by atoms with Gasteiger partial charge in [-0.05, 0) is 38.8 Å². The fraction of sp³-hybridized carbons (Fsp3) is 0.824. The highest BCUT2D eigenvalue weighted by Crippen LogP contribution is 2.36. The van der Waals surface area contributed by atoms with E-state index in [9.17, 15) is 0 Å². The molecule has 2 aliphatic carbocycles. The molecule has 0 radical (unpaired) electrons. The molecule has 2 aliphatic rings. The van der Waals surface area contributed by atoms with E-state index in [0.717, 1.165) is 6.42 Å². The summed E-state index contributed by atoms with van der Waals surface area (Å²) >= 11 is 0. The monoisotopic (exact) mass is 291 g/mol. The lowest BCUT2D eigenvalue weighted by molar-refractivity contribution is -0.0339. The van der Waals surface area contributed by atoms with Crippen molar-refractivity contribution in [1.82, 2.24) is 15.1 Å². The molecule has 0 aromatic carbocycles. The standard InChI is InChI=1S/C17H29N3O/c1-18-16(17(21-2)10-5-6-11-17)13-14-9-12-20(19-14)15-7-3-4-8-15/h9,12,15-16,18H,3-8,10-11,13H2,1-2H3. The van der Waals surface area contributed by atoms with Crippen LogP contribution in [0.4, 0.5) is 0 Å². The van der Waals surface area contributed by atoms with Gasteiger partial charge in [0.2, 0.25) is 0 Å². The summed E-state index contributed by atoms with van der Waals surface area (Å²) in [5.74, 6) is 0. The molecule has 1 aromatic heterocycles. The number of methoxy groups -OCH3 is 1. The van der Waals surface area contributed by atoms with Crippen LogP contribution < -0.4 is 5.32 Å². The topological polar surface area (TPSA) is 39.1 Å². The molecule has 0 bridgehead atoms. The summed E-state index contributed by atoms with van der Waals surface area (Å²) in [6, 6.07) is 3.19. The molecule has 2 saturated carbocycles. The number of ether oxygens (including phenoxy) is 1. The molecule has 1 N–H and O–H groups in total. The van der Waals surface area contributed by atoms with Gasteiger partial charge < -0.3 is 10.1 Å². The third-order valence-corrected chi connectivity index (χ3v) is 5.62. The van der Waals surface area contributed by atoms with Crippen molar-refractivity contribution in [2.75, 3.05) is 14.2 Å². The van der Waals surface area contributed by atoms with Gasteiger partial charge in [0.05, 0.1) is 17.3 Å². The van der Waals surface area contributed by atoms with Gasteiger partial charge in [0.25, 0.3) is 0 Å². The normalized spacial score (nSPS) is 23.7. The van der Waals surface area contributed by atoms with Gasteiger partial charge in [0.15, 0.2) is 0 Å². The van der Waals surface area contributed by atoms with Crippen LogP contribution >= 0.6 is 0 Å². The molecule has 0 spiro atoms. The summed E-state index contributed by atoms with van der Waals surface area (Å²) in [5, 5.41) is 8.33. The van der Waals surface area contributed by atoms with E-state index in [1.165, 1.54) is 57.1 Å². The van der Waals surface area contributed by atoms with Crippen molar-refractivity contribution in [3.8, 4) is 0 Å². The summed E-state index contributed by atoms with van der Waals surface area (Å²) < 4.78 is 8.13. The molecule has 2 fully saturated rings. The van der Waals surface area contributed by atoms with Crippen LogP contribution in [0.2, 0.25) is 0 Å². The van der Waals surface area contributed by atoms with Crippen LogP contribution in [0.5, 0.6) is 0 Å². The van der Waals surface area contributed by atoms with E-state index in [2.05, 4.69) is 29.3 Å².